The van der Waals surface area contributed by atoms with Crippen LogP contribution in [0.25, 0.3) is 94.9 Å². The van der Waals surface area contributed by atoms with Crippen LogP contribution in [-0.2, 0) is 0 Å². The van der Waals surface area contributed by atoms with Gasteiger partial charge >= 0.3 is 7.12 Å². The molecule has 0 bridgehead atoms. The van der Waals surface area contributed by atoms with E-state index in [2.05, 4.69) is 309 Å². The summed E-state index contributed by atoms with van der Waals surface area (Å²) >= 11 is 48.7. The Bertz CT molecular complexity index is 5770. The van der Waals surface area contributed by atoms with E-state index in [1.54, 1.807) is 12.1 Å². The molecular formula is C93H82BBr2Cl6IN2O2S2. The zero-order chi connectivity index (χ0) is 73.5. The van der Waals surface area contributed by atoms with E-state index < -0.39 is 7.12 Å². The molecule has 0 saturated heterocycles. The normalized spacial score (nSPS) is 10.4. The van der Waals surface area contributed by atoms with Gasteiger partial charge in [0.1, 0.15) is 0 Å². The third kappa shape index (κ3) is 23.3. The Morgan fingerprint density at radius 2 is 0.725 bits per heavy atom. The Kier molecular flexibility index (Phi) is 33.3. The summed E-state index contributed by atoms with van der Waals surface area (Å²) in [5, 5.41) is 36.8. The van der Waals surface area contributed by atoms with E-state index in [1.165, 1.54) is 108 Å². The lowest BCUT2D eigenvalue weighted by molar-refractivity contribution is 0.426. The highest BCUT2D eigenvalue weighted by molar-refractivity contribution is 14.1. The van der Waals surface area contributed by atoms with Crippen molar-refractivity contribution in [1.29, 1.82) is 0 Å². The van der Waals surface area contributed by atoms with Crippen LogP contribution in [0.4, 0.5) is 28.4 Å². The van der Waals surface area contributed by atoms with Gasteiger partial charge in [-0.05, 0) is 271 Å². The number of hydrogen-bond acceptors (Lipinski definition) is 6. The number of benzene rings is 15. The molecule has 3 N–H and O–H groups in total. The number of rotatable bonds is 10. The summed E-state index contributed by atoms with van der Waals surface area (Å²) in [5.41, 5.74) is 10.1. The molecule has 109 heavy (non-hydrogen) atoms. The summed E-state index contributed by atoms with van der Waals surface area (Å²) in [4.78, 5) is 2.33. The fourth-order valence-electron chi connectivity index (χ4n) is 12.0. The van der Waals surface area contributed by atoms with Crippen molar-refractivity contribution < 1.29 is 10.0 Å². The Balaban J connectivity index is 0.000000180. The predicted octanol–water partition coefficient (Wildman–Crippen LogP) is 33.6. The lowest BCUT2D eigenvalue weighted by Gasteiger charge is -2.26. The van der Waals surface area contributed by atoms with Crippen molar-refractivity contribution in [3.05, 3.63) is 352 Å². The largest absolute Gasteiger partial charge is 0.488 e. The zero-order valence-corrected chi connectivity index (χ0v) is 68.2. The molecule has 2 aromatic heterocycles. The maximum atomic E-state index is 8.71. The van der Waals surface area contributed by atoms with Gasteiger partial charge in [0.05, 0.1) is 0 Å². The van der Waals surface area contributed by atoms with E-state index >= 15 is 0 Å². The standard InChI is InChI=1S/C34H21Cl2NS.C18H13NS.C16H9BrCl2.C10H6BrI.C6H5BCl2O2.C5H12.4CH4/c35-26-17-25(18-27(36)20-26)23-10-11-24-19-29(13-12-22(24)16-23)37(28-6-2-1-3-7-28)30-14-15-34-32(21-30)31-8-4-5-9-33(31)38-34;1-2-6-13(7-3-1)19-14-10-11-18-16(12-14)15-8-4-5-9-17(15)20-18;17-14-4-3-10-5-11(1-2-12(10)6-14)13-7-15(18)9-16(19)8-13;11-9-3-1-8-6-10(12)4-2-7(8)5-9;8-5-1-4(7(10)11)2-6(9)3-5;1-3-5-4-2;;;;/h1-21H;1-12,19H;1-9H;1-6H;1-3,10-11H;3-5H2,1-2H3;4*1H4. The van der Waals surface area contributed by atoms with Gasteiger partial charge in [-0.3, -0.25) is 0 Å². The molecule has 0 amide bonds. The monoisotopic (exact) mass is 1830 g/mol. The van der Waals surface area contributed by atoms with E-state index in [0.717, 1.165) is 65.0 Å². The van der Waals surface area contributed by atoms with Crippen LogP contribution >= 0.6 is 147 Å². The molecule has 0 spiro atoms. The number of nitrogens with one attached hydrogen (secondary N) is 1. The molecule has 17 rings (SSSR count). The van der Waals surface area contributed by atoms with Crippen LogP contribution in [0.5, 0.6) is 0 Å². The molecule has 2 heterocycles. The first-order chi connectivity index (χ1) is 50.9. The van der Waals surface area contributed by atoms with E-state index in [-0.39, 0.29) is 29.7 Å². The van der Waals surface area contributed by atoms with Crippen molar-refractivity contribution in [2.75, 3.05) is 10.2 Å². The van der Waals surface area contributed by atoms with Gasteiger partial charge in [-0.15, -0.1) is 22.7 Å². The molecule has 0 fully saturated rings. The van der Waals surface area contributed by atoms with Crippen LogP contribution in [0, 0.1) is 3.57 Å². The van der Waals surface area contributed by atoms with Crippen molar-refractivity contribution in [1.82, 2.24) is 0 Å². The van der Waals surface area contributed by atoms with Crippen LogP contribution < -0.4 is 15.7 Å². The average molecular weight is 1830 g/mol. The first-order valence-corrected chi connectivity index (χ1v) is 40.3. The van der Waals surface area contributed by atoms with Gasteiger partial charge < -0.3 is 20.3 Å². The lowest BCUT2D eigenvalue weighted by atomic mass is 9.80. The minimum Gasteiger partial charge on any atom is -0.423 e. The number of hydrogen-bond donors (Lipinski definition) is 3. The summed E-state index contributed by atoms with van der Waals surface area (Å²) in [7, 11) is -1.52. The van der Waals surface area contributed by atoms with Crippen molar-refractivity contribution in [3.8, 4) is 22.3 Å². The number of nitrogens with zero attached hydrogens (tertiary/aromatic N) is 1. The molecule has 0 aliphatic rings. The Morgan fingerprint density at radius 1 is 0.339 bits per heavy atom. The van der Waals surface area contributed by atoms with E-state index in [4.69, 9.17) is 79.7 Å². The molecule has 0 unspecified atom stereocenters. The number of fused-ring (bicyclic) bond motifs is 9. The lowest BCUT2D eigenvalue weighted by Crippen LogP contribution is -2.29. The highest BCUT2D eigenvalue weighted by Crippen LogP contribution is 2.43. The third-order valence-electron chi connectivity index (χ3n) is 17.0. The topological polar surface area (TPSA) is 55.7 Å². The minimum atomic E-state index is -1.52. The average Bonchev–Trinajstić information content (AvgIpc) is 1.66. The fraction of sp³-hybridized carbons (Fsp3) is 0.0968. The van der Waals surface area contributed by atoms with Gasteiger partial charge in [0.15, 0.2) is 0 Å². The van der Waals surface area contributed by atoms with E-state index in [0.29, 0.717) is 35.6 Å². The van der Waals surface area contributed by atoms with Crippen molar-refractivity contribution in [2.45, 2.75) is 62.8 Å². The van der Waals surface area contributed by atoms with Crippen LogP contribution in [0.2, 0.25) is 30.1 Å². The van der Waals surface area contributed by atoms with Crippen LogP contribution in [-0.4, -0.2) is 17.2 Å². The molecule has 0 radical (unpaired) electrons. The summed E-state index contributed by atoms with van der Waals surface area (Å²) in [6, 6.07) is 106. The van der Waals surface area contributed by atoms with E-state index in [1.807, 2.05) is 71.2 Å². The number of anilines is 5. The highest BCUT2D eigenvalue weighted by atomic mass is 127. The summed E-state index contributed by atoms with van der Waals surface area (Å²) < 4.78 is 8.80. The Morgan fingerprint density at radius 3 is 1.22 bits per heavy atom. The first-order valence-electron chi connectivity index (χ1n) is 33.7. The molecule has 17 aromatic rings. The highest BCUT2D eigenvalue weighted by Gasteiger charge is 2.17. The zero-order valence-electron chi connectivity index (χ0n) is 56.7. The fourth-order valence-corrected chi connectivity index (χ4v) is 17.1. The van der Waals surface area contributed by atoms with Crippen molar-refractivity contribution in [2.24, 2.45) is 0 Å². The molecule has 0 atom stereocenters. The molecule has 16 heteroatoms. The third-order valence-corrected chi connectivity index (χ3v) is 22.3. The number of para-hydroxylation sites is 2. The SMILES string of the molecule is Brc1ccc2cc(I)ccc2c1.C.C.C.C.CCCCC.Clc1cc(Cl)cc(-c2ccc3cc(Br)ccc3c2)c1.Clc1cc(Cl)cc(-c2ccc3cc(N(c4ccccc4)c4ccc5sc6ccccc6c5c4)ccc3c2)c1.OB(O)c1cc(Cl)cc(Cl)c1.c1ccc(Nc2ccc3sc4ccccc4c3c2)cc1. The summed E-state index contributed by atoms with van der Waals surface area (Å²) in [6.45, 7) is 4.42. The van der Waals surface area contributed by atoms with Gasteiger partial charge in [-0.2, -0.15) is 0 Å². The van der Waals surface area contributed by atoms with Crippen molar-refractivity contribution >= 4 is 260 Å². The molecule has 554 valence electrons. The second-order valence-corrected chi connectivity index (χ2v) is 32.4. The van der Waals surface area contributed by atoms with Gasteiger partial charge in [0, 0.05) is 111 Å². The van der Waals surface area contributed by atoms with Gasteiger partial charge in [-0.25, -0.2) is 0 Å². The smallest absolute Gasteiger partial charge is 0.423 e. The van der Waals surface area contributed by atoms with Crippen LogP contribution in [0.1, 0.15) is 62.8 Å². The van der Waals surface area contributed by atoms with Gasteiger partial charge in [0.2, 0.25) is 0 Å². The number of halogens is 9. The maximum absolute atomic E-state index is 8.71. The van der Waals surface area contributed by atoms with Crippen LogP contribution in [0.3, 0.4) is 0 Å². The quantitative estimate of drug-likeness (QED) is 0.0943. The summed E-state index contributed by atoms with van der Waals surface area (Å²) in [5.74, 6) is 0. The molecular weight excluding hydrogens is 1750 g/mol. The Hall–Kier alpha value is -7.47. The number of thiophene rings is 2. The second kappa shape index (κ2) is 41.7. The van der Waals surface area contributed by atoms with E-state index in [9.17, 15) is 0 Å². The first kappa shape index (κ1) is 87.1. The minimum absolute atomic E-state index is 0. The molecule has 4 nitrogen and oxygen atoms in total. The molecule has 0 aliphatic heterocycles. The predicted molar refractivity (Wildman–Crippen MR) is 506 cm³/mol. The molecule has 15 aromatic carbocycles. The van der Waals surface area contributed by atoms with Gasteiger partial charge in [-0.1, -0.05) is 286 Å². The second-order valence-electron chi connectivity index (χ2n) is 24.6. The van der Waals surface area contributed by atoms with Crippen LogP contribution in [0.15, 0.2) is 318 Å². The maximum Gasteiger partial charge on any atom is 0.488 e. The Labute approximate surface area is 710 Å². The summed E-state index contributed by atoms with van der Waals surface area (Å²) in [6.07, 6.45) is 4.08. The van der Waals surface area contributed by atoms with Gasteiger partial charge in [0.25, 0.3) is 0 Å². The molecule has 0 saturated carbocycles. The molecule has 0 aliphatic carbocycles. The number of unbranched alkanes of at least 4 members (excludes halogenated alkanes) is 2. The van der Waals surface area contributed by atoms with Crippen molar-refractivity contribution in [3.63, 3.8) is 0 Å².